The lowest BCUT2D eigenvalue weighted by molar-refractivity contribution is -0.140. The third-order valence-corrected chi connectivity index (χ3v) is 8.06. The Morgan fingerprint density at radius 2 is 1.55 bits per heavy atom. The molecule has 0 aliphatic rings. The molecule has 2 unspecified atom stereocenters. The number of anilines is 1. The molecule has 0 fully saturated rings. The monoisotopic (exact) mass is 583 g/mol. The molecule has 3 aromatic carbocycles. The van der Waals surface area contributed by atoms with Crippen molar-refractivity contribution in [3.05, 3.63) is 100 Å². The van der Waals surface area contributed by atoms with E-state index in [2.05, 4.69) is 5.32 Å². The largest absolute Gasteiger partial charge is 0.352 e. The molecule has 2 atom stereocenters. The van der Waals surface area contributed by atoms with Gasteiger partial charge >= 0.3 is 0 Å². The number of benzene rings is 3. The van der Waals surface area contributed by atoms with E-state index in [1.54, 1.807) is 30.3 Å². The van der Waals surface area contributed by atoms with Crippen molar-refractivity contribution in [2.24, 2.45) is 0 Å². The van der Waals surface area contributed by atoms with Crippen LogP contribution in [0, 0.1) is 13.8 Å². The summed E-state index contributed by atoms with van der Waals surface area (Å²) < 4.78 is 27.0. The number of carbonyl (C=O) groups is 2. The van der Waals surface area contributed by atoms with Crippen molar-refractivity contribution in [2.45, 2.75) is 59.2 Å². The predicted molar refractivity (Wildman–Crippen MR) is 162 cm³/mol. The van der Waals surface area contributed by atoms with E-state index in [9.17, 15) is 18.0 Å². The van der Waals surface area contributed by atoms with Crippen LogP contribution in [-0.4, -0.2) is 50.0 Å². The molecule has 9 heteroatoms. The van der Waals surface area contributed by atoms with Crippen LogP contribution >= 0.6 is 11.6 Å². The van der Waals surface area contributed by atoms with Crippen LogP contribution in [-0.2, 0) is 32.6 Å². The molecule has 3 aromatic rings. The molecule has 7 nitrogen and oxygen atoms in total. The van der Waals surface area contributed by atoms with Crippen LogP contribution in [0.2, 0.25) is 5.02 Å². The SMILES string of the molecule is CCC(C)NC(=O)C(Cc1ccccc1)N(Cc1cccc(Cl)c1)C(=O)CN(c1cc(C)cc(C)c1)S(C)(=O)=O. The quantitative estimate of drug-likeness (QED) is 0.314. The Balaban J connectivity index is 2.08. The molecular formula is C31H38ClN3O4S. The summed E-state index contributed by atoms with van der Waals surface area (Å²) in [5.74, 6) is -0.796. The summed E-state index contributed by atoms with van der Waals surface area (Å²) in [6.45, 7) is 7.25. The minimum absolute atomic E-state index is 0.0786. The lowest BCUT2D eigenvalue weighted by Gasteiger charge is -2.34. The van der Waals surface area contributed by atoms with Crippen molar-refractivity contribution in [2.75, 3.05) is 17.1 Å². The van der Waals surface area contributed by atoms with Crippen LogP contribution in [0.25, 0.3) is 0 Å². The van der Waals surface area contributed by atoms with E-state index in [1.165, 1.54) is 4.90 Å². The Labute approximate surface area is 243 Å². The van der Waals surface area contributed by atoms with Crippen molar-refractivity contribution in [1.29, 1.82) is 0 Å². The summed E-state index contributed by atoms with van der Waals surface area (Å²) in [4.78, 5) is 29.3. The lowest BCUT2D eigenvalue weighted by Crippen LogP contribution is -2.54. The fraction of sp³-hybridized carbons (Fsp3) is 0.355. The van der Waals surface area contributed by atoms with Crippen molar-refractivity contribution in [3.8, 4) is 0 Å². The molecule has 214 valence electrons. The van der Waals surface area contributed by atoms with E-state index in [-0.39, 0.29) is 24.9 Å². The van der Waals surface area contributed by atoms with Gasteiger partial charge in [-0.1, -0.05) is 67.1 Å². The molecule has 1 N–H and O–H groups in total. The van der Waals surface area contributed by atoms with Crippen LogP contribution in [0.15, 0.2) is 72.8 Å². The normalized spacial score (nSPS) is 12.8. The van der Waals surface area contributed by atoms with Gasteiger partial charge in [-0.25, -0.2) is 8.42 Å². The average molecular weight is 584 g/mol. The Kier molecular flexibility index (Phi) is 10.8. The van der Waals surface area contributed by atoms with Gasteiger partial charge in [0.25, 0.3) is 0 Å². The first-order valence-corrected chi connectivity index (χ1v) is 15.5. The number of rotatable bonds is 12. The molecule has 0 saturated carbocycles. The summed E-state index contributed by atoms with van der Waals surface area (Å²) in [6, 6.07) is 21.0. The maximum absolute atomic E-state index is 14.1. The Morgan fingerprint density at radius 1 is 0.925 bits per heavy atom. The second-order valence-corrected chi connectivity index (χ2v) is 12.6. The van der Waals surface area contributed by atoms with Crippen molar-refractivity contribution in [3.63, 3.8) is 0 Å². The summed E-state index contributed by atoms with van der Waals surface area (Å²) >= 11 is 6.25. The first-order valence-electron chi connectivity index (χ1n) is 13.3. The summed E-state index contributed by atoms with van der Waals surface area (Å²) in [7, 11) is -3.82. The van der Waals surface area contributed by atoms with Crippen LogP contribution in [0.3, 0.4) is 0 Å². The Hall–Kier alpha value is -3.36. The fourth-order valence-electron chi connectivity index (χ4n) is 4.54. The molecule has 0 aliphatic carbocycles. The molecule has 0 heterocycles. The maximum Gasteiger partial charge on any atom is 0.244 e. The molecule has 0 spiro atoms. The van der Waals surface area contributed by atoms with Crippen LogP contribution in [0.1, 0.15) is 42.5 Å². The molecule has 2 amide bonds. The molecule has 0 saturated heterocycles. The van der Waals surface area contributed by atoms with E-state index in [1.807, 2.05) is 70.2 Å². The average Bonchev–Trinajstić information content (AvgIpc) is 2.88. The van der Waals surface area contributed by atoms with Gasteiger partial charge in [0, 0.05) is 24.0 Å². The third kappa shape index (κ3) is 8.83. The summed E-state index contributed by atoms with van der Waals surface area (Å²) in [6.07, 6.45) is 2.06. The smallest absolute Gasteiger partial charge is 0.244 e. The number of sulfonamides is 1. The molecule has 0 radical (unpaired) electrons. The van der Waals surface area contributed by atoms with Crippen molar-refractivity contribution < 1.29 is 18.0 Å². The minimum atomic E-state index is -3.82. The number of carbonyl (C=O) groups excluding carboxylic acids is 2. The standard InChI is InChI=1S/C31H38ClN3O4S/c1-6-24(4)33-31(37)29(19-25-11-8-7-9-12-25)34(20-26-13-10-14-27(32)18-26)30(36)21-35(40(5,38)39)28-16-22(2)15-23(3)17-28/h7-18,24,29H,6,19-21H2,1-5H3,(H,33,37). The van der Waals surface area contributed by atoms with Gasteiger partial charge in [0.2, 0.25) is 21.8 Å². The van der Waals surface area contributed by atoms with E-state index < -0.39 is 28.5 Å². The van der Waals surface area contributed by atoms with Crippen LogP contribution < -0.4 is 9.62 Å². The molecule has 40 heavy (non-hydrogen) atoms. The lowest BCUT2D eigenvalue weighted by atomic mass is 10.0. The highest BCUT2D eigenvalue weighted by atomic mass is 35.5. The number of hydrogen-bond donors (Lipinski definition) is 1. The molecule has 3 rings (SSSR count). The number of nitrogens with one attached hydrogen (secondary N) is 1. The second-order valence-electron chi connectivity index (χ2n) is 10.3. The van der Waals surface area contributed by atoms with E-state index in [0.717, 1.165) is 39.2 Å². The topological polar surface area (TPSA) is 86.8 Å². The van der Waals surface area contributed by atoms with Crippen LogP contribution in [0.5, 0.6) is 0 Å². The van der Waals surface area contributed by atoms with Gasteiger partial charge in [-0.05, 0) is 73.7 Å². The van der Waals surface area contributed by atoms with Crippen molar-refractivity contribution in [1.82, 2.24) is 10.2 Å². The number of amides is 2. The summed E-state index contributed by atoms with van der Waals surface area (Å²) in [5, 5.41) is 3.52. The van der Waals surface area contributed by atoms with Gasteiger partial charge < -0.3 is 10.2 Å². The van der Waals surface area contributed by atoms with Gasteiger partial charge in [0.1, 0.15) is 12.6 Å². The van der Waals surface area contributed by atoms with Crippen molar-refractivity contribution >= 4 is 39.1 Å². The molecular weight excluding hydrogens is 546 g/mol. The van der Waals surface area contributed by atoms with E-state index in [4.69, 9.17) is 11.6 Å². The number of halogens is 1. The summed E-state index contributed by atoms with van der Waals surface area (Å²) in [5.41, 5.74) is 3.76. The second kappa shape index (κ2) is 13.8. The van der Waals surface area contributed by atoms with Gasteiger partial charge in [-0.15, -0.1) is 0 Å². The number of hydrogen-bond acceptors (Lipinski definition) is 4. The highest BCUT2D eigenvalue weighted by Gasteiger charge is 2.33. The molecule has 0 aromatic heterocycles. The highest BCUT2D eigenvalue weighted by Crippen LogP contribution is 2.23. The number of nitrogens with zero attached hydrogens (tertiary/aromatic N) is 2. The zero-order valence-corrected chi connectivity index (χ0v) is 25.3. The van der Waals surface area contributed by atoms with Gasteiger partial charge in [0.05, 0.1) is 11.9 Å². The zero-order chi connectivity index (χ0) is 29.4. The number of aryl methyl sites for hydroxylation is 2. The minimum Gasteiger partial charge on any atom is -0.352 e. The highest BCUT2D eigenvalue weighted by molar-refractivity contribution is 7.92. The first kappa shape index (κ1) is 31.2. The molecule has 0 aliphatic heterocycles. The van der Waals surface area contributed by atoms with Gasteiger partial charge in [-0.3, -0.25) is 13.9 Å². The Morgan fingerprint density at radius 3 is 2.12 bits per heavy atom. The first-order chi connectivity index (χ1) is 18.9. The maximum atomic E-state index is 14.1. The van der Waals surface area contributed by atoms with E-state index >= 15 is 0 Å². The third-order valence-electron chi connectivity index (χ3n) is 6.69. The zero-order valence-electron chi connectivity index (χ0n) is 23.7. The Bertz CT molecular complexity index is 1410. The van der Waals surface area contributed by atoms with Gasteiger partial charge in [-0.2, -0.15) is 0 Å². The van der Waals surface area contributed by atoms with Gasteiger partial charge in [0.15, 0.2) is 0 Å². The molecule has 0 bridgehead atoms. The van der Waals surface area contributed by atoms with E-state index in [0.29, 0.717) is 10.7 Å². The van der Waals surface area contributed by atoms with Crippen LogP contribution in [0.4, 0.5) is 5.69 Å². The predicted octanol–water partition coefficient (Wildman–Crippen LogP) is 5.28. The fourth-order valence-corrected chi connectivity index (χ4v) is 5.58.